The van der Waals surface area contributed by atoms with Gasteiger partial charge in [-0.25, -0.2) is 8.42 Å². The fraction of sp³-hybridized carbons (Fsp3) is 0.238. The van der Waals surface area contributed by atoms with Gasteiger partial charge in [-0.3, -0.25) is 0 Å². The van der Waals surface area contributed by atoms with Crippen LogP contribution in [0.3, 0.4) is 0 Å². The van der Waals surface area contributed by atoms with E-state index >= 15 is 0 Å². The third-order valence-corrected chi connectivity index (χ3v) is 5.50. The van der Waals surface area contributed by atoms with Gasteiger partial charge in [0.25, 0.3) is 0 Å². The fourth-order valence-electron chi connectivity index (χ4n) is 2.24. The van der Waals surface area contributed by atoms with E-state index in [2.05, 4.69) is 11.8 Å². The molecule has 2 aromatic rings. The largest absolute Gasteiger partial charge is 0.372 e. The van der Waals surface area contributed by atoms with Crippen molar-refractivity contribution in [2.75, 3.05) is 26.8 Å². The van der Waals surface area contributed by atoms with E-state index in [1.165, 1.54) is 4.31 Å². The molecule has 0 amide bonds. The summed E-state index contributed by atoms with van der Waals surface area (Å²) in [7, 11) is -2.07. The van der Waals surface area contributed by atoms with Crippen LogP contribution in [-0.2, 0) is 14.8 Å². The molecule has 0 saturated carbocycles. The number of hydrogen-bond donors (Lipinski definition) is 0. The summed E-state index contributed by atoms with van der Waals surface area (Å²) in [6.07, 6.45) is 3.74. The van der Waals surface area contributed by atoms with Crippen molar-refractivity contribution in [2.24, 2.45) is 0 Å². The summed E-state index contributed by atoms with van der Waals surface area (Å²) in [4.78, 5) is 0.268. The van der Waals surface area contributed by atoms with Gasteiger partial charge in [0.1, 0.15) is 6.61 Å². The van der Waals surface area contributed by atoms with Gasteiger partial charge >= 0.3 is 0 Å². The zero-order valence-corrected chi connectivity index (χ0v) is 15.9. The summed E-state index contributed by atoms with van der Waals surface area (Å²) in [6.45, 7) is 2.55. The molecule has 0 aromatic heterocycles. The second-order valence-corrected chi connectivity index (χ2v) is 7.65. The molecule has 0 bridgehead atoms. The molecule has 4 nitrogen and oxygen atoms in total. The monoisotopic (exact) mass is 369 g/mol. The summed E-state index contributed by atoms with van der Waals surface area (Å²) >= 11 is 0. The predicted molar refractivity (Wildman–Crippen MR) is 105 cm³/mol. The van der Waals surface area contributed by atoms with Crippen molar-refractivity contribution in [1.82, 2.24) is 4.31 Å². The summed E-state index contributed by atoms with van der Waals surface area (Å²) in [6, 6.07) is 16.6. The van der Waals surface area contributed by atoms with Crippen LogP contribution in [-0.4, -0.2) is 39.5 Å². The average molecular weight is 369 g/mol. The Morgan fingerprint density at radius 3 is 2.38 bits per heavy atom. The standard InChI is InChI=1S/C21H23NO3S/c1-19-12-14-21(15-13-19)26(23,24)22(16-6-7-18-25-2)17-8-11-20-9-4-3-5-10-20/h3-5,8-15H,16-18H2,1-2H3/b11-8+. The Kier molecular flexibility index (Phi) is 7.61. The molecule has 0 aliphatic heterocycles. The lowest BCUT2D eigenvalue weighted by molar-refractivity contribution is 0.239. The summed E-state index contributed by atoms with van der Waals surface area (Å²) in [5.41, 5.74) is 2.03. The van der Waals surface area contributed by atoms with Crippen LogP contribution in [0.4, 0.5) is 0 Å². The fourth-order valence-corrected chi connectivity index (χ4v) is 3.54. The molecular weight excluding hydrogens is 346 g/mol. The van der Waals surface area contributed by atoms with E-state index in [1.54, 1.807) is 31.4 Å². The molecule has 26 heavy (non-hydrogen) atoms. The van der Waals surface area contributed by atoms with Gasteiger partial charge in [-0.2, -0.15) is 4.31 Å². The topological polar surface area (TPSA) is 46.6 Å². The SMILES string of the molecule is COCC#CCN(C/C=C/c1ccccc1)S(=O)(=O)c1ccc(C)cc1. The predicted octanol–water partition coefficient (Wildman–Crippen LogP) is 3.35. The molecule has 136 valence electrons. The first kappa shape index (κ1) is 19.9. The summed E-state index contributed by atoms with van der Waals surface area (Å²) in [5.74, 6) is 5.66. The Morgan fingerprint density at radius 2 is 1.73 bits per heavy atom. The summed E-state index contributed by atoms with van der Waals surface area (Å²) < 4.78 is 32.1. The maximum atomic E-state index is 12.9. The Bertz CT molecular complexity index is 876. The number of ether oxygens (including phenoxy) is 1. The van der Waals surface area contributed by atoms with E-state index in [-0.39, 0.29) is 24.6 Å². The quantitative estimate of drug-likeness (QED) is 0.703. The van der Waals surface area contributed by atoms with E-state index in [1.807, 2.05) is 49.4 Å². The van der Waals surface area contributed by atoms with Crippen LogP contribution < -0.4 is 0 Å². The van der Waals surface area contributed by atoms with Crippen LogP contribution in [0.1, 0.15) is 11.1 Å². The van der Waals surface area contributed by atoms with Crippen molar-refractivity contribution in [1.29, 1.82) is 0 Å². The van der Waals surface area contributed by atoms with E-state index < -0.39 is 10.0 Å². The van der Waals surface area contributed by atoms with Gasteiger partial charge in [0.2, 0.25) is 10.0 Å². The Balaban J connectivity index is 2.21. The van der Waals surface area contributed by atoms with Crippen molar-refractivity contribution >= 4 is 16.1 Å². The molecular formula is C21H23NO3S. The third-order valence-electron chi connectivity index (χ3n) is 3.67. The smallest absolute Gasteiger partial charge is 0.244 e. The molecule has 0 aliphatic rings. The molecule has 2 rings (SSSR count). The lowest BCUT2D eigenvalue weighted by Gasteiger charge is -2.18. The highest BCUT2D eigenvalue weighted by molar-refractivity contribution is 7.89. The maximum absolute atomic E-state index is 12.9. The summed E-state index contributed by atoms with van der Waals surface area (Å²) in [5, 5.41) is 0. The maximum Gasteiger partial charge on any atom is 0.244 e. The van der Waals surface area contributed by atoms with Gasteiger partial charge in [-0.1, -0.05) is 72.0 Å². The zero-order valence-electron chi connectivity index (χ0n) is 15.1. The molecule has 5 heteroatoms. The number of hydrogen-bond acceptors (Lipinski definition) is 3. The molecule has 2 aromatic carbocycles. The van der Waals surface area contributed by atoms with Crippen LogP contribution in [0.5, 0.6) is 0 Å². The van der Waals surface area contributed by atoms with Crippen LogP contribution >= 0.6 is 0 Å². The van der Waals surface area contributed by atoms with Gasteiger partial charge in [0, 0.05) is 13.7 Å². The minimum absolute atomic E-state index is 0.110. The molecule has 0 fully saturated rings. The number of sulfonamides is 1. The van der Waals surface area contributed by atoms with Gasteiger partial charge in [-0.15, -0.1) is 0 Å². The molecule has 0 unspecified atom stereocenters. The Hall–Kier alpha value is -2.39. The second-order valence-electron chi connectivity index (χ2n) is 5.71. The van der Waals surface area contributed by atoms with E-state index in [0.29, 0.717) is 0 Å². The van der Waals surface area contributed by atoms with E-state index in [4.69, 9.17) is 4.74 Å². The average Bonchev–Trinajstić information content (AvgIpc) is 2.65. The first-order chi connectivity index (χ1) is 12.5. The molecule has 0 aliphatic carbocycles. The molecule has 0 spiro atoms. The van der Waals surface area contributed by atoms with Crippen LogP contribution in [0.25, 0.3) is 6.08 Å². The third kappa shape index (κ3) is 5.85. The normalized spacial score (nSPS) is 11.5. The van der Waals surface area contributed by atoms with Crippen LogP contribution in [0.15, 0.2) is 65.6 Å². The minimum Gasteiger partial charge on any atom is -0.372 e. The van der Waals surface area contributed by atoms with Crippen molar-refractivity contribution in [3.05, 3.63) is 71.8 Å². The van der Waals surface area contributed by atoms with Gasteiger partial charge in [0.15, 0.2) is 0 Å². The molecule has 0 heterocycles. The number of rotatable bonds is 7. The molecule has 0 saturated heterocycles. The highest BCUT2D eigenvalue weighted by Crippen LogP contribution is 2.16. The number of aryl methyl sites for hydroxylation is 1. The van der Waals surface area contributed by atoms with Crippen molar-refractivity contribution < 1.29 is 13.2 Å². The van der Waals surface area contributed by atoms with E-state index in [9.17, 15) is 8.42 Å². The van der Waals surface area contributed by atoms with Crippen molar-refractivity contribution in [2.45, 2.75) is 11.8 Å². The number of benzene rings is 2. The molecule has 0 atom stereocenters. The highest BCUT2D eigenvalue weighted by atomic mass is 32.2. The second kappa shape index (κ2) is 9.93. The first-order valence-electron chi connectivity index (χ1n) is 8.27. The Labute approximate surface area is 156 Å². The lowest BCUT2D eigenvalue weighted by Crippen LogP contribution is -2.31. The van der Waals surface area contributed by atoms with Gasteiger partial charge in [0.05, 0.1) is 11.4 Å². The van der Waals surface area contributed by atoms with Crippen molar-refractivity contribution in [3.63, 3.8) is 0 Å². The van der Waals surface area contributed by atoms with Crippen LogP contribution in [0, 0.1) is 18.8 Å². The highest BCUT2D eigenvalue weighted by Gasteiger charge is 2.22. The minimum atomic E-state index is -3.62. The van der Waals surface area contributed by atoms with E-state index in [0.717, 1.165) is 11.1 Å². The number of nitrogens with zero attached hydrogens (tertiary/aromatic N) is 1. The number of methoxy groups -OCH3 is 1. The van der Waals surface area contributed by atoms with Crippen molar-refractivity contribution in [3.8, 4) is 11.8 Å². The first-order valence-corrected chi connectivity index (χ1v) is 9.71. The molecule has 0 radical (unpaired) electrons. The van der Waals surface area contributed by atoms with Gasteiger partial charge < -0.3 is 4.74 Å². The van der Waals surface area contributed by atoms with Gasteiger partial charge in [-0.05, 0) is 24.6 Å². The zero-order chi connectivity index (χ0) is 18.8. The van der Waals surface area contributed by atoms with Crippen LogP contribution in [0.2, 0.25) is 0 Å². The Morgan fingerprint density at radius 1 is 1.04 bits per heavy atom. The molecule has 0 N–H and O–H groups in total. The lowest BCUT2D eigenvalue weighted by atomic mass is 10.2.